The Labute approximate surface area is 162 Å². The fourth-order valence-electron chi connectivity index (χ4n) is 3.31. The Hall–Kier alpha value is -2.56. The van der Waals surface area contributed by atoms with Crippen molar-refractivity contribution < 1.29 is 9.59 Å². The first-order chi connectivity index (χ1) is 12.8. The van der Waals surface area contributed by atoms with E-state index in [1.54, 1.807) is 4.90 Å². The first-order valence-electron chi connectivity index (χ1n) is 9.65. The Morgan fingerprint density at radius 1 is 1.11 bits per heavy atom. The summed E-state index contributed by atoms with van der Waals surface area (Å²) in [6, 6.07) is 10.4. The minimum atomic E-state index is -0.134. The molecular weight excluding hydrogens is 338 g/mol. The lowest BCUT2D eigenvalue weighted by atomic mass is 10.0. The number of rotatable bonds is 7. The molecule has 0 bridgehead atoms. The van der Waals surface area contributed by atoms with E-state index in [4.69, 9.17) is 0 Å². The van der Waals surface area contributed by atoms with E-state index in [1.807, 2.05) is 33.8 Å². The highest BCUT2D eigenvalue weighted by atomic mass is 16.2. The van der Waals surface area contributed by atoms with Crippen LogP contribution < -0.4 is 5.32 Å². The van der Waals surface area contributed by atoms with Crippen LogP contribution in [0.4, 0.5) is 0 Å². The number of nitrogens with zero attached hydrogens (tertiary/aromatic N) is 2. The zero-order chi connectivity index (χ0) is 20.1. The van der Waals surface area contributed by atoms with Crippen molar-refractivity contribution in [1.29, 1.82) is 0 Å². The standard InChI is InChI=1S/C22H31N3O2/c1-7-23-21(26)14-24(8-2)22(27)20-13-16(5)25(17(20)6)19-11-9-18(10-12-19)15(3)4/h9-13,15H,7-8,14H2,1-6H3,(H,23,26). The summed E-state index contributed by atoms with van der Waals surface area (Å²) in [5.74, 6) is 0.239. The third-order valence-corrected chi connectivity index (χ3v) is 4.86. The van der Waals surface area contributed by atoms with Gasteiger partial charge in [-0.05, 0) is 57.4 Å². The van der Waals surface area contributed by atoms with Crippen LogP contribution in [0.1, 0.15) is 60.9 Å². The van der Waals surface area contributed by atoms with E-state index in [2.05, 4.69) is 48.0 Å². The molecule has 0 saturated heterocycles. The second-order valence-corrected chi connectivity index (χ2v) is 7.14. The Morgan fingerprint density at radius 3 is 2.26 bits per heavy atom. The maximum atomic E-state index is 13.0. The molecule has 0 spiro atoms. The normalized spacial score (nSPS) is 10.9. The molecule has 2 aromatic rings. The average Bonchev–Trinajstić information content (AvgIpc) is 2.93. The summed E-state index contributed by atoms with van der Waals surface area (Å²) in [5, 5.41) is 2.75. The molecule has 5 nitrogen and oxygen atoms in total. The lowest BCUT2D eigenvalue weighted by molar-refractivity contribution is -0.121. The van der Waals surface area contributed by atoms with Gasteiger partial charge >= 0.3 is 0 Å². The molecule has 146 valence electrons. The summed E-state index contributed by atoms with van der Waals surface area (Å²) >= 11 is 0. The molecular formula is C22H31N3O2. The second-order valence-electron chi connectivity index (χ2n) is 7.14. The molecule has 5 heteroatoms. The summed E-state index contributed by atoms with van der Waals surface area (Å²) in [6.07, 6.45) is 0. The lowest BCUT2D eigenvalue weighted by Gasteiger charge is -2.20. The van der Waals surface area contributed by atoms with Crippen LogP contribution >= 0.6 is 0 Å². The van der Waals surface area contributed by atoms with Crippen LogP contribution in [0.15, 0.2) is 30.3 Å². The number of aromatic nitrogens is 1. The summed E-state index contributed by atoms with van der Waals surface area (Å²) in [5.41, 5.74) is 4.87. The van der Waals surface area contributed by atoms with Crippen LogP contribution in [0.3, 0.4) is 0 Å². The molecule has 0 unspecified atom stereocenters. The molecule has 0 saturated carbocycles. The molecule has 0 aliphatic carbocycles. The van der Waals surface area contributed by atoms with Crippen molar-refractivity contribution in [3.05, 3.63) is 52.8 Å². The summed E-state index contributed by atoms with van der Waals surface area (Å²) in [4.78, 5) is 26.5. The molecule has 0 radical (unpaired) electrons. The molecule has 0 atom stereocenters. The maximum absolute atomic E-state index is 13.0. The van der Waals surface area contributed by atoms with Crippen LogP contribution in [0.25, 0.3) is 5.69 Å². The zero-order valence-electron chi connectivity index (χ0n) is 17.3. The van der Waals surface area contributed by atoms with E-state index in [9.17, 15) is 9.59 Å². The number of carbonyl (C=O) groups excluding carboxylic acids is 2. The predicted octanol–water partition coefficient (Wildman–Crippen LogP) is 3.82. The van der Waals surface area contributed by atoms with Crippen molar-refractivity contribution in [2.45, 2.75) is 47.5 Å². The van der Waals surface area contributed by atoms with Gasteiger partial charge in [-0.3, -0.25) is 9.59 Å². The highest BCUT2D eigenvalue weighted by molar-refractivity contribution is 5.98. The summed E-state index contributed by atoms with van der Waals surface area (Å²) in [7, 11) is 0. The molecule has 27 heavy (non-hydrogen) atoms. The summed E-state index contributed by atoms with van der Waals surface area (Å²) < 4.78 is 2.09. The van der Waals surface area contributed by atoms with Gasteiger partial charge in [0.15, 0.2) is 0 Å². The molecule has 1 N–H and O–H groups in total. The molecule has 1 heterocycles. The highest BCUT2D eigenvalue weighted by Gasteiger charge is 2.22. The minimum Gasteiger partial charge on any atom is -0.355 e. The quantitative estimate of drug-likeness (QED) is 0.807. The smallest absolute Gasteiger partial charge is 0.256 e. The van der Waals surface area contributed by atoms with Gasteiger partial charge in [-0.15, -0.1) is 0 Å². The molecule has 2 amide bonds. The molecule has 1 aromatic heterocycles. The first kappa shape index (κ1) is 20.7. The third kappa shape index (κ3) is 4.59. The zero-order valence-corrected chi connectivity index (χ0v) is 17.3. The van der Waals surface area contributed by atoms with Crippen molar-refractivity contribution in [2.24, 2.45) is 0 Å². The number of likely N-dealkylation sites (N-methyl/N-ethyl adjacent to an activating group) is 2. The SMILES string of the molecule is CCNC(=O)CN(CC)C(=O)c1cc(C)n(-c2ccc(C(C)C)cc2)c1C. The first-order valence-corrected chi connectivity index (χ1v) is 9.65. The van der Waals surface area contributed by atoms with Crippen LogP contribution in [0.2, 0.25) is 0 Å². The van der Waals surface area contributed by atoms with E-state index in [0.717, 1.165) is 17.1 Å². The van der Waals surface area contributed by atoms with Gasteiger partial charge in [0.2, 0.25) is 5.91 Å². The van der Waals surface area contributed by atoms with Crippen LogP contribution in [0.5, 0.6) is 0 Å². The van der Waals surface area contributed by atoms with E-state index in [1.165, 1.54) is 5.56 Å². The van der Waals surface area contributed by atoms with Gasteiger partial charge in [-0.25, -0.2) is 0 Å². The lowest BCUT2D eigenvalue weighted by Crippen LogP contribution is -2.40. The monoisotopic (exact) mass is 369 g/mol. The van der Waals surface area contributed by atoms with E-state index < -0.39 is 0 Å². The molecule has 0 aliphatic heterocycles. The van der Waals surface area contributed by atoms with Gasteiger partial charge in [0, 0.05) is 30.2 Å². The Balaban J connectivity index is 2.33. The van der Waals surface area contributed by atoms with Gasteiger partial charge in [0.25, 0.3) is 5.91 Å². The topological polar surface area (TPSA) is 54.3 Å². The number of amides is 2. The van der Waals surface area contributed by atoms with Crippen molar-refractivity contribution in [2.75, 3.05) is 19.6 Å². The number of nitrogens with one attached hydrogen (secondary N) is 1. The molecule has 0 fully saturated rings. The fourth-order valence-corrected chi connectivity index (χ4v) is 3.31. The van der Waals surface area contributed by atoms with Gasteiger partial charge < -0.3 is 14.8 Å². The molecule has 0 aliphatic rings. The number of benzene rings is 1. The van der Waals surface area contributed by atoms with E-state index in [-0.39, 0.29) is 18.4 Å². The van der Waals surface area contributed by atoms with Gasteiger partial charge in [-0.2, -0.15) is 0 Å². The van der Waals surface area contributed by atoms with Crippen molar-refractivity contribution in [1.82, 2.24) is 14.8 Å². The minimum absolute atomic E-state index is 0.0793. The average molecular weight is 370 g/mol. The van der Waals surface area contributed by atoms with Crippen molar-refractivity contribution in [3.8, 4) is 5.69 Å². The van der Waals surface area contributed by atoms with Crippen molar-refractivity contribution >= 4 is 11.8 Å². The predicted molar refractivity (Wildman–Crippen MR) is 110 cm³/mol. The number of hydrogen-bond acceptors (Lipinski definition) is 2. The second kappa shape index (κ2) is 8.89. The van der Waals surface area contributed by atoms with E-state index in [0.29, 0.717) is 24.6 Å². The van der Waals surface area contributed by atoms with Gasteiger partial charge in [0.1, 0.15) is 0 Å². The Bertz CT molecular complexity index is 804. The maximum Gasteiger partial charge on any atom is 0.256 e. The third-order valence-electron chi connectivity index (χ3n) is 4.86. The highest BCUT2D eigenvalue weighted by Crippen LogP contribution is 2.24. The molecule has 1 aromatic carbocycles. The van der Waals surface area contributed by atoms with Gasteiger partial charge in [0.05, 0.1) is 12.1 Å². The number of aryl methyl sites for hydroxylation is 1. The van der Waals surface area contributed by atoms with Gasteiger partial charge in [-0.1, -0.05) is 26.0 Å². The fraction of sp³-hybridized carbons (Fsp3) is 0.455. The van der Waals surface area contributed by atoms with E-state index >= 15 is 0 Å². The van der Waals surface area contributed by atoms with Crippen LogP contribution in [-0.4, -0.2) is 40.9 Å². The number of carbonyl (C=O) groups is 2. The Kier molecular flexibility index (Phi) is 6.83. The molecule has 2 rings (SSSR count). The van der Waals surface area contributed by atoms with Crippen molar-refractivity contribution in [3.63, 3.8) is 0 Å². The van der Waals surface area contributed by atoms with Crippen LogP contribution in [0, 0.1) is 13.8 Å². The number of hydrogen-bond donors (Lipinski definition) is 1. The van der Waals surface area contributed by atoms with Crippen LogP contribution in [-0.2, 0) is 4.79 Å². The summed E-state index contributed by atoms with van der Waals surface area (Å²) in [6.45, 7) is 13.2. The Morgan fingerprint density at radius 2 is 1.74 bits per heavy atom. The largest absolute Gasteiger partial charge is 0.355 e.